The zero-order valence-electron chi connectivity index (χ0n) is 13.2. The molecule has 3 rings (SSSR count). The van der Waals surface area contributed by atoms with Crippen LogP contribution in [0, 0.1) is 5.92 Å². The van der Waals surface area contributed by atoms with Crippen LogP contribution in [0.3, 0.4) is 0 Å². The third-order valence-corrected chi connectivity index (χ3v) is 4.18. The third-order valence-electron chi connectivity index (χ3n) is 3.91. The fraction of sp³-hybridized carbons (Fsp3) is 0.357. The largest absolute Gasteiger partial charge is 0.417 e. The summed E-state index contributed by atoms with van der Waals surface area (Å²) < 4.78 is 38.1. The van der Waals surface area contributed by atoms with Gasteiger partial charge in [-0.3, -0.25) is 19.4 Å². The van der Waals surface area contributed by atoms with Crippen LogP contribution in [0.15, 0.2) is 17.4 Å². The predicted molar refractivity (Wildman–Crippen MR) is 81.0 cm³/mol. The van der Waals surface area contributed by atoms with Gasteiger partial charge < -0.3 is 4.84 Å². The number of nitrogens with zero attached hydrogens (tertiary/aromatic N) is 4. The first-order chi connectivity index (χ1) is 12.0. The lowest BCUT2D eigenvalue weighted by Crippen LogP contribution is -2.46. The van der Waals surface area contributed by atoms with Crippen molar-refractivity contribution >= 4 is 40.7 Å². The number of oxime groups is 1. The number of hydrogen-bond donors (Lipinski definition) is 0. The van der Waals surface area contributed by atoms with Crippen LogP contribution in [-0.4, -0.2) is 46.5 Å². The smallest absolute Gasteiger partial charge is 0.381 e. The minimum Gasteiger partial charge on any atom is -0.381 e. The van der Waals surface area contributed by atoms with Gasteiger partial charge in [-0.2, -0.15) is 18.2 Å². The number of rotatable bonds is 3. The molecule has 0 unspecified atom stereocenters. The number of anilines is 1. The van der Waals surface area contributed by atoms with E-state index in [4.69, 9.17) is 16.4 Å². The summed E-state index contributed by atoms with van der Waals surface area (Å²) in [6, 6.07) is 0.630. The number of alkyl halides is 3. The van der Waals surface area contributed by atoms with E-state index in [0.717, 1.165) is 5.01 Å². The Morgan fingerprint density at radius 3 is 2.54 bits per heavy atom. The lowest BCUT2D eigenvalue weighted by Gasteiger charge is -2.28. The Hall–Kier alpha value is -2.69. The third kappa shape index (κ3) is 2.68. The first-order valence-electron chi connectivity index (χ1n) is 7.13. The maximum absolute atomic E-state index is 12.7. The first-order valence-corrected chi connectivity index (χ1v) is 7.50. The zero-order chi connectivity index (χ0) is 19.4. The second kappa shape index (κ2) is 5.94. The number of aromatic nitrogens is 1. The van der Waals surface area contributed by atoms with Crippen molar-refractivity contribution in [3.63, 3.8) is 0 Å². The first kappa shape index (κ1) is 18.1. The average molecular weight is 391 g/mol. The molecule has 138 valence electrons. The molecule has 1 fully saturated rings. The molecule has 2 amide bonds. The monoisotopic (exact) mass is 390 g/mol. The molecule has 0 saturated carbocycles. The Morgan fingerprint density at radius 2 is 2.00 bits per heavy atom. The lowest BCUT2D eigenvalue weighted by atomic mass is 9.97. The average Bonchev–Trinajstić information content (AvgIpc) is 3.07. The number of ketones is 1. The zero-order valence-corrected chi connectivity index (χ0v) is 14.0. The van der Waals surface area contributed by atoms with Gasteiger partial charge in [-0.05, 0) is 6.07 Å². The maximum atomic E-state index is 12.7. The van der Waals surface area contributed by atoms with E-state index in [1.165, 1.54) is 14.0 Å². The fourth-order valence-corrected chi connectivity index (χ4v) is 2.96. The number of hydrogen-bond acceptors (Lipinski definition) is 7. The molecule has 8 nitrogen and oxygen atoms in total. The van der Waals surface area contributed by atoms with Gasteiger partial charge in [0, 0.05) is 20.2 Å². The van der Waals surface area contributed by atoms with Crippen molar-refractivity contribution in [1.29, 1.82) is 0 Å². The van der Waals surface area contributed by atoms with E-state index in [-0.39, 0.29) is 11.5 Å². The molecule has 26 heavy (non-hydrogen) atoms. The summed E-state index contributed by atoms with van der Waals surface area (Å²) >= 11 is 5.84. The van der Waals surface area contributed by atoms with Crippen LogP contribution >= 0.6 is 11.6 Å². The summed E-state index contributed by atoms with van der Waals surface area (Å²) in [6.45, 7) is 1.17. The number of amides is 2. The van der Waals surface area contributed by atoms with Crippen molar-refractivity contribution in [2.45, 2.75) is 19.2 Å². The Kier molecular flexibility index (Phi) is 4.14. The number of hydrazine groups is 1. The molecule has 0 aliphatic carbocycles. The van der Waals surface area contributed by atoms with Crippen LogP contribution in [0.2, 0.25) is 5.02 Å². The van der Waals surface area contributed by atoms with Crippen molar-refractivity contribution in [2.75, 3.05) is 12.1 Å². The van der Waals surface area contributed by atoms with Gasteiger partial charge >= 0.3 is 6.18 Å². The molecule has 3 heterocycles. The molecule has 1 saturated heterocycles. The predicted octanol–water partition coefficient (Wildman–Crippen LogP) is 1.43. The van der Waals surface area contributed by atoms with E-state index in [2.05, 4.69) is 10.1 Å². The summed E-state index contributed by atoms with van der Waals surface area (Å²) in [4.78, 5) is 45.0. The topological polar surface area (TPSA) is 92.2 Å². The van der Waals surface area contributed by atoms with Gasteiger partial charge in [-0.1, -0.05) is 16.8 Å². The van der Waals surface area contributed by atoms with E-state index in [0.29, 0.717) is 17.3 Å². The van der Waals surface area contributed by atoms with Crippen LogP contribution < -0.4 is 5.01 Å². The molecule has 2 aliphatic heterocycles. The quantitative estimate of drug-likeness (QED) is 0.725. The van der Waals surface area contributed by atoms with E-state index in [1.54, 1.807) is 0 Å². The summed E-state index contributed by atoms with van der Waals surface area (Å²) in [7, 11) is 1.23. The summed E-state index contributed by atoms with van der Waals surface area (Å²) in [5.41, 5.74) is -1.28. The number of carbonyl (C=O) groups excluding carboxylic acids is 3. The van der Waals surface area contributed by atoms with Gasteiger partial charge in [0.2, 0.25) is 6.10 Å². The van der Waals surface area contributed by atoms with Crippen molar-refractivity contribution in [1.82, 2.24) is 9.99 Å². The van der Waals surface area contributed by atoms with Crippen molar-refractivity contribution in [3.05, 3.63) is 22.8 Å². The number of fused-ring (bicyclic) bond motifs is 1. The van der Waals surface area contributed by atoms with Crippen molar-refractivity contribution in [3.8, 4) is 0 Å². The molecule has 2 aliphatic rings. The molecule has 0 aromatic carbocycles. The molecular weight excluding hydrogens is 381 g/mol. The summed E-state index contributed by atoms with van der Waals surface area (Å²) in [5, 5.41) is 4.57. The van der Waals surface area contributed by atoms with E-state index in [1.807, 2.05) is 0 Å². The Labute approximate surface area is 149 Å². The highest BCUT2D eigenvalue weighted by atomic mass is 35.5. The van der Waals surface area contributed by atoms with Gasteiger partial charge in [0.1, 0.15) is 11.6 Å². The Balaban J connectivity index is 1.93. The van der Waals surface area contributed by atoms with Gasteiger partial charge in [0.15, 0.2) is 11.6 Å². The molecule has 1 aromatic heterocycles. The summed E-state index contributed by atoms with van der Waals surface area (Å²) in [5.74, 6) is -3.64. The van der Waals surface area contributed by atoms with Crippen LogP contribution in [0.25, 0.3) is 0 Å². The van der Waals surface area contributed by atoms with E-state index in [9.17, 15) is 27.6 Å². The van der Waals surface area contributed by atoms with Crippen LogP contribution in [0.5, 0.6) is 0 Å². The highest BCUT2D eigenvalue weighted by molar-refractivity contribution is 6.45. The molecule has 0 N–H and O–H groups in total. The van der Waals surface area contributed by atoms with Crippen LogP contribution in [0.4, 0.5) is 19.0 Å². The van der Waals surface area contributed by atoms with Crippen molar-refractivity contribution < 1.29 is 32.4 Å². The molecule has 0 radical (unpaired) electrons. The van der Waals surface area contributed by atoms with Gasteiger partial charge in [0.05, 0.1) is 10.6 Å². The highest BCUT2D eigenvalue weighted by Crippen LogP contribution is 2.36. The maximum Gasteiger partial charge on any atom is 0.417 e. The molecule has 0 bridgehead atoms. The summed E-state index contributed by atoms with van der Waals surface area (Å²) in [6.07, 6.45) is -5.43. The fourth-order valence-electron chi connectivity index (χ4n) is 2.67. The minimum absolute atomic E-state index is 0.198. The van der Waals surface area contributed by atoms with Crippen LogP contribution in [-0.2, 0) is 25.4 Å². The SMILES string of the molecule is CC(=O)C1=NO[C@H]2C(=O)N(N(C)c3ncc(C(F)(F)F)cc3Cl)C(=O)[C@H]12. The van der Waals surface area contributed by atoms with E-state index >= 15 is 0 Å². The lowest BCUT2D eigenvalue weighted by molar-refractivity contribution is -0.143. The van der Waals surface area contributed by atoms with Gasteiger partial charge in [-0.25, -0.2) is 4.98 Å². The highest BCUT2D eigenvalue weighted by Gasteiger charge is 2.58. The van der Waals surface area contributed by atoms with Gasteiger partial charge in [0.25, 0.3) is 11.8 Å². The molecule has 2 atom stereocenters. The number of imide groups is 1. The van der Waals surface area contributed by atoms with Crippen LogP contribution in [0.1, 0.15) is 12.5 Å². The van der Waals surface area contributed by atoms with Gasteiger partial charge in [-0.15, -0.1) is 0 Å². The second-order valence-corrected chi connectivity index (χ2v) is 5.98. The van der Waals surface area contributed by atoms with Crippen molar-refractivity contribution in [2.24, 2.45) is 11.1 Å². The molecular formula is C14H10ClF3N4O4. The number of carbonyl (C=O) groups is 3. The molecule has 12 heteroatoms. The Morgan fingerprint density at radius 1 is 1.35 bits per heavy atom. The minimum atomic E-state index is -4.65. The Bertz CT molecular complexity index is 857. The molecule has 1 aromatic rings. The number of Topliss-reactive ketones (excluding diaryl/α,β-unsaturated/α-hetero) is 1. The molecule has 0 spiro atoms. The standard InChI is InChI=1S/C14H10ClF3N4O4/c1-5(23)9-8-10(26-20-9)13(25)22(12(8)24)21(2)11-7(15)3-6(4-19-11)14(16,17)18/h3-4,8,10H,1-2H3/t8-,10-/m1/s1. The normalized spacial score (nSPS) is 22.2. The van der Waals surface area contributed by atoms with E-state index < -0.39 is 46.4 Å². The number of halogens is 4. The number of pyridine rings is 1. The second-order valence-electron chi connectivity index (χ2n) is 5.58.